The Morgan fingerprint density at radius 1 is 1.78 bits per heavy atom. The third-order valence-electron chi connectivity index (χ3n) is 1.07. The van der Waals surface area contributed by atoms with E-state index in [1.807, 2.05) is 0 Å². The van der Waals surface area contributed by atoms with Gasteiger partial charge in [0.1, 0.15) is 12.0 Å². The number of hydrogen-bond donors (Lipinski definition) is 2. The molecule has 0 aliphatic heterocycles. The molecule has 0 bridgehead atoms. The standard InChI is InChI=1S/C6H9N2O/c9-5-1-2-6-7-3-4-8-6/h3,9H,1-2,5H2,(H,7,8). The average Bonchev–Trinajstić information content (AvgIpc) is 2.34. The molecule has 0 fully saturated rings. The fourth-order valence-corrected chi connectivity index (χ4v) is 0.633. The first kappa shape index (κ1) is 6.29. The molecule has 1 aromatic rings. The highest BCUT2D eigenvalue weighted by Gasteiger charge is 1.91. The van der Waals surface area contributed by atoms with E-state index in [2.05, 4.69) is 16.2 Å². The van der Waals surface area contributed by atoms with Gasteiger partial charge in [0.2, 0.25) is 0 Å². The monoisotopic (exact) mass is 125 g/mol. The summed E-state index contributed by atoms with van der Waals surface area (Å²) in [6.07, 6.45) is 5.88. The number of hydrogen-bond acceptors (Lipinski definition) is 2. The highest BCUT2D eigenvalue weighted by atomic mass is 16.2. The second-order valence-corrected chi connectivity index (χ2v) is 1.80. The molecule has 0 aliphatic rings. The zero-order valence-electron chi connectivity index (χ0n) is 5.09. The number of aryl methyl sites for hydroxylation is 1. The van der Waals surface area contributed by atoms with Gasteiger partial charge in [0.15, 0.2) is 0 Å². The van der Waals surface area contributed by atoms with Gasteiger partial charge in [-0.1, -0.05) is 0 Å². The molecular weight excluding hydrogens is 116 g/mol. The number of rotatable bonds is 3. The number of nitrogens with one attached hydrogen (secondary N) is 1. The molecule has 0 spiro atoms. The van der Waals surface area contributed by atoms with Crippen molar-refractivity contribution < 1.29 is 5.11 Å². The van der Waals surface area contributed by atoms with Crippen LogP contribution in [-0.4, -0.2) is 21.7 Å². The predicted molar refractivity (Wildman–Crippen MR) is 32.8 cm³/mol. The molecule has 1 aromatic heterocycles. The van der Waals surface area contributed by atoms with Crippen molar-refractivity contribution in [3.05, 3.63) is 18.2 Å². The number of imidazole rings is 1. The third-order valence-corrected chi connectivity index (χ3v) is 1.07. The van der Waals surface area contributed by atoms with Gasteiger partial charge in [-0.3, -0.25) is 0 Å². The van der Waals surface area contributed by atoms with Crippen LogP contribution < -0.4 is 0 Å². The minimum atomic E-state index is 0.223. The largest absolute Gasteiger partial charge is 0.396 e. The normalized spacial score (nSPS) is 9.89. The summed E-state index contributed by atoms with van der Waals surface area (Å²) in [5.41, 5.74) is 0. The second kappa shape index (κ2) is 3.25. The fraction of sp³-hybridized carbons (Fsp3) is 0.500. The molecule has 9 heavy (non-hydrogen) atoms. The molecule has 49 valence electrons. The van der Waals surface area contributed by atoms with Crippen molar-refractivity contribution in [2.45, 2.75) is 12.8 Å². The molecule has 0 saturated carbocycles. The molecule has 0 aromatic carbocycles. The van der Waals surface area contributed by atoms with Gasteiger partial charge in [0.25, 0.3) is 0 Å². The van der Waals surface area contributed by atoms with Gasteiger partial charge < -0.3 is 10.1 Å². The fourth-order valence-electron chi connectivity index (χ4n) is 0.633. The van der Waals surface area contributed by atoms with E-state index in [4.69, 9.17) is 5.11 Å². The summed E-state index contributed by atoms with van der Waals surface area (Å²) in [5.74, 6) is 0.893. The van der Waals surface area contributed by atoms with Crippen molar-refractivity contribution in [1.82, 2.24) is 9.97 Å². The summed E-state index contributed by atoms with van der Waals surface area (Å²) in [7, 11) is 0. The van der Waals surface area contributed by atoms with E-state index in [1.54, 1.807) is 6.20 Å². The number of aromatic nitrogens is 2. The molecule has 0 amide bonds. The van der Waals surface area contributed by atoms with Gasteiger partial charge in [-0.05, 0) is 6.42 Å². The van der Waals surface area contributed by atoms with Crippen LogP contribution in [0.3, 0.4) is 0 Å². The molecular formula is C6H9N2O. The summed E-state index contributed by atoms with van der Waals surface area (Å²) < 4.78 is 0. The summed E-state index contributed by atoms with van der Waals surface area (Å²) in [6.45, 7) is 0.223. The summed E-state index contributed by atoms with van der Waals surface area (Å²) in [5, 5.41) is 8.41. The lowest BCUT2D eigenvalue weighted by Crippen LogP contribution is -1.90. The number of aromatic amines is 1. The number of aliphatic hydroxyl groups is 1. The molecule has 3 heteroatoms. The Bertz CT molecular complexity index is 148. The van der Waals surface area contributed by atoms with Crippen molar-refractivity contribution in [3.8, 4) is 0 Å². The van der Waals surface area contributed by atoms with Crippen molar-refractivity contribution in [1.29, 1.82) is 0 Å². The Kier molecular flexibility index (Phi) is 2.27. The van der Waals surface area contributed by atoms with Crippen LogP contribution in [0.25, 0.3) is 0 Å². The average molecular weight is 125 g/mol. The molecule has 0 aliphatic carbocycles. The lowest BCUT2D eigenvalue weighted by atomic mass is 10.3. The zero-order valence-corrected chi connectivity index (χ0v) is 5.09. The minimum absolute atomic E-state index is 0.223. The summed E-state index contributed by atoms with van der Waals surface area (Å²) >= 11 is 0. The van der Waals surface area contributed by atoms with E-state index in [-0.39, 0.29) is 6.61 Å². The van der Waals surface area contributed by atoms with Crippen LogP contribution in [0.15, 0.2) is 6.20 Å². The minimum Gasteiger partial charge on any atom is -0.396 e. The number of nitrogens with zero attached hydrogens (tertiary/aromatic N) is 1. The van der Waals surface area contributed by atoms with E-state index < -0.39 is 0 Å². The van der Waals surface area contributed by atoms with E-state index in [1.165, 1.54) is 0 Å². The van der Waals surface area contributed by atoms with Gasteiger partial charge in [0.05, 0.1) is 0 Å². The van der Waals surface area contributed by atoms with Gasteiger partial charge in [0, 0.05) is 19.2 Å². The maximum atomic E-state index is 8.41. The van der Waals surface area contributed by atoms with E-state index in [9.17, 15) is 0 Å². The predicted octanol–water partition coefficient (Wildman–Crippen LogP) is 0.135. The molecule has 1 radical (unpaired) electrons. The van der Waals surface area contributed by atoms with Crippen LogP contribution in [-0.2, 0) is 6.42 Å². The van der Waals surface area contributed by atoms with Crippen LogP contribution in [0.4, 0.5) is 0 Å². The molecule has 0 atom stereocenters. The van der Waals surface area contributed by atoms with Crippen LogP contribution in [0.5, 0.6) is 0 Å². The van der Waals surface area contributed by atoms with E-state index >= 15 is 0 Å². The number of aliphatic hydroxyl groups excluding tert-OH is 1. The van der Waals surface area contributed by atoms with Crippen LogP contribution in [0, 0.1) is 6.20 Å². The molecule has 1 rings (SSSR count). The molecule has 0 saturated heterocycles. The van der Waals surface area contributed by atoms with E-state index in [0.29, 0.717) is 0 Å². The quantitative estimate of drug-likeness (QED) is 0.603. The van der Waals surface area contributed by atoms with Gasteiger partial charge in [-0.2, -0.15) is 0 Å². The third kappa shape index (κ3) is 1.85. The Hall–Kier alpha value is -0.830. The Labute approximate surface area is 53.7 Å². The SMILES string of the molecule is OCCCc1n[c]c[nH]1. The van der Waals surface area contributed by atoms with Gasteiger partial charge >= 0.3 is 0 Å². The number of H-pyrrole nitrogens is 1. The molecule has 3 nitrogen and oxygen atoms in total. The van der Waals surface area contributed by atoms with Gasteiger partial charge in [-0.15, -0.1) is 0 Å². The summed E-state index contributed by atoms with van der Waals surface area (Å²) in [4.78, 5) is 6.76. The van der Waals surface area contributed by atoms with Gasteiger partial charge in [-0.25, -0.2) is 4.98 Å². The topological polar surface area (TPSA) is 48.9 Å². The zero-order chi connectivity index (χ0) is 6.53. The first-order valence-corrected chi connectivity index (χ1v) is 2.94. The Balaban J connectivity index is 2.30. The maximum Gasteiger partial charge on any atom is 0.108 e. The van der Waals surface area contributed by atoms with Crippen molar-refractivity contribution in [2.24, 2.45) is 0 Å². The molecule has 2 N–H and O–H groups in total. The second-order valence-electron chi connectivity index (χ2n) is 1.80. The maximum absolute atomic E-state index is 8.41. The lowest BCUT2D eigenvalue weighted by Gasteiger charge is -1.89. The smallest absolute Gasteiger partial charge is 0.108 e. The van der Waals surface area contributed by atoms with E-state index in [0.717, 1.165) is 18.7 Å². The van der Waals surface area contributed by atoms with Crippen molar-refractivity contribution in [3.63, 3.8) is 0 Å². The lowest BCUT2D eigenvalue weighted by molar-refractivity contribution is 0.287. The first-order chi connectivity index (χ1) is 4.43. The summed E-state index contributed by atoms with van der Waals surface area (Å²) in [6, 6.07) is 0. The highest BCUT2D eigenvalue weighted by Crippen LogP contribution is 1.91. The van der Waals surface area contributed by atoms with Crippen molar-refractivity contribution >= 4 is 0 Å². The molecule has 1 heterocycles. The first-order valence-electron chi connectivity index (χ1n) is 2.94. The Morgan fingerprint density at radius 2 is 2.67 bits per heavy atom. The molecule has 0 unspecified atom stereocenters. The van der Waals surface area contributed by atoms with Crippen molar-refractivity contribution in [2.75, 3.05) is 6.61 Å². The van der Waals surface area contributed by atoms with Crippen LogP contribution in [0.1, 0.15) is 12.2 Å². The van der Waals surface area contributed by atoms with Crippen LogP contribution >= 0.6 is 0 Å². The Morgan fingerprint density at radius 3 is 3.22 bits per heavy atom. The van der Waals surface area contributed by atoms with Crippen LogP contribution in [0.2, 0.25) is 0 Å². The highest BCUT2D eigenvalue weighted by molar-refractivity contribution is 4.84.